The van der Waals surface area contributed by atoms with Gasteiger partial charge in [-0.3, -0.25) is 9.71 Å². The second-order valence-corrected chi connectivity index (χ2v) is 8.14. The highest BCUT2D eigenvalue weighted by Crippen LogP contribution is 2.41. The van der Waals surface area contributed by atoms with Gasteiger partial charge in [-0.1, -0.05) is 42.0 Å². The van der Waals surface area contributed by atoms with E-state index in [1.54, 1.807) is 22.8 Å². The molecule has 2 atom stereocenters. The fraction of sp³-hybridized carbons (Fsp3) is 0.174. The van der Waals surface area contributed by atoms with Gasteiger partial charge in [-0.15, -0.1) is 0 Å². The lowest BCUT2D eigenvalue weighted by Crippen LogP contribution is -2.27. The van der Waals surface area contributed by atoms with Crippen LogP contribution in [0, 0.1) is 12.3 Å². The second-order valence-electron chi connectivity index (χ2n) is 6.92. The number of para-hydroxylation sites is 1. The van der Waals surface area contributed by atoms with Gasteiger partial charge in [0.1, 0.15) is 11.9 Å². The molecule has 1 aliphatic rings. The highest BCUT2D eigenvalue weighted by atomic mass is 32.2. The molecular weight excluding hydrogens is 398 g/mol. The number of methoxy groups -OCH3 is 2. The van der Waals surface area contributed by atoms with Crippen LogP contribution >= 0.6 is 0 Å². The zero-order chi connectivity index (χ0) is 21.3. The molecule has 0 amide bonds. The van der Waals surface area contributed by atoms with Crippen LogP contribution in [0.3, 0.4) is 0 Å². The van der Waals surface area contributed by atoms with Gasteiger partial charge in [0.2, 0.25) is 11.2 Å². The van der Waals surface area contributed by atoms with E-state index >= 15 is 0 Å². The molecule has 0 bridgehead atoms. The maximum absolute atomic E-state index is 13.6. The molecule has 6 nitrogen and oxygen atoms in total. The average molecular weight is 422 g/mol. The van der Waals surface area contributed by atoms with Crippen LogP contribution in [0.1, 0.15) is 17.2 Å². The maximum Gasteiger partial charge on any atom is 0.232 e. The van der Waals surface area contributed by atoms with Crippen molar-refractivity contribution in [2.75, 3.05) is 22.8 Å². The smallest absolute Gasteiger partial charge is 0.232 e. The average Bonchev–Trinajstić information content (AvgIpc) is 3.04. The van der Waals surface area contributed by atoms with Crippen LogP contribution in [0.25, 0.3) is 0 Å². The molecule has 3 aromatic rings. The Bertz CT molecular complexity index is 1090. The summed E-state index contributed by atoms with van der Waals surface area (Å²) in [7, 11) is 3.16. The van der Waals surface area contributed by atoms with Crippen molar-refractivity contribution in [3.8, 4) is 11.5 Å². The number of rotatable bonds is 5. The Morgan fingerprint density at radius 3 is 2.17 bits per heavy atom. The summed E-state index contributed by atoms with van der Waals surface area (Å²) < 4.78 is 27.8. The van der Waals surface area contributed by atoms with Crippen LogP contribution in [-0.4, -0.2) is 24.3 Å². The Morgan fingerprint density at radius 1 is 0.867 bits per heavy atom. The van der Waals surface area contributed by atoms with Crippen molar-refractivity contribution in [3.05, 3.63) is 83.9 Å². The summed E-state index contributed by atoms with van der Waals surface area (Å²) in [5.41, 5.74) is 3.39. The van der Waals surface area contributed by atoms with E-state index < -0.39 is 17.2 Å². The molecule has 7 heteroatoms. The Morgan fingerprint density at radius 2 is 1.53 bits per heavy atom. The molecule has 154 valence electrons. The molecule has 1 fully saturated rings. The van der Waals surface area contributed by atoms with Crippen molar-refractivity contribution in [2.45, 2.75) is 13.0 Å². The quantitative estimate of drug-likeness (QED) is 0.653. The highest BCUT2D eigenvalue weighted by molar-refractivity contribution is 7.89. The van der Waals surface area contributed by atoms with Gasteiger partial charge >= 0.3 is 0 Å². The molecule has 0 aromatic heterocycles. The predicted molar refractivity (Wildman–Crippen MR) is 121 cm³/mol. The largest absolute Gasteiger partial charge is 0.493 e. The fourth-order valence-corrected chi connectivity index (χ4v) is 4.97. The normalized spacial score (nSPS) is 18.6. The fourth-order valence-electron chi connectivity index (χ4n) is 3.52. The van der Waals surface area contributed by atoms with Gasteiger partial charge < -0.3 is 9.47 Å². The van der Waals surface area contributed by atoms with E-state index in [2.05, 4.69) is 0 Å². The summed E-state index contributed by atoms with van der Waals surface area (Å²) in [6.45, 7) is 2.00. The van der Waals surface area contributed by atoms with Crippen LogP contribution < -0.4 is 18.1 Å². The molecule has 3 aromatic carbocycles. The standard InChI is InChI=1S/C23H23N3O3S/c1-16-9-12-19(13-10-16)26-23(24)22(17-11-14-20(28-2)21(15-17)29-3)25(30(26)27)18-7-5-4-6-8-18/h4-15,22,24H,1-3H3. The predicted octanol–water partition coefficient (Wildman–Crippen LogP) is 4.64. The number of aryl methyl sites for hydroxylation is 1. The van der Waals surface area contributed by atoms with Crippen LogP contribution in [0.2, 0.25) is 0 Å². The number of hydrogen-bond acceptors (Lipinski definition) is 4. The van der Waals surface area contributed by atoms with Gasteiger partial charge in [0.05, 0.1) is 25.6 Å². The van der Waals surface area contributed by atoms with Crippen LogP contribution in [0.4, 0.5) is 11.4 Å². The van der Waals surface area contributed by atoms with Crippen molar-refractivity contribution >= 4 is 28.4 Å². The molecule has 1 heterocycles. The van der Waals surface area contributed by atoms with Crippen molar-refractivity contribution in [2.24, 2.45) is 0 Å². The number of hydrogen-bond donors (Lipinski definition) is 1. The molecule has 1 saturated heterocycles. The van der Waals surface area contributed by atoms with E-state index in [4.69, 9.17) is 14.9 Å². The van der Waals surface area contributed by atoms with E-state index in [1.807, 2.05) is 79.7 Å². The second kappa shape index (κ2) is 8.20. The highest BCUT2D eigenvalue weighted by Gasteiger charge is 2.44. The lowest BCUT2D eigenvalue weighted by Gasteiger charge is -2.23. The molecule has 2 unspecified atom stereocenters. The molecule has 0 radical (unpaired) electrons. The number of amidine groups is 1. The van der Waals surface area contributed by atoms with Crippen molar-refractivity contribution < 1.29 is 13.7 Å². The minimum absolute atomic E-state index is 0.230. The van der Waals surface area contributed by atoms with Crippen molar-refractivity contribution in [1.82, 2.24) is 0 Å². The summed E-state index contributed by atoms with van der Waals surface area (Å²) in [6, 6.07) is 22.2. The summed E-state index contributed by atoms with van der Waals surface area (Å²) in [6.07, 6.45) is 0. The number of anilines is 2. The Balaban J connectivity index is 1.84. The number of benzene rings is 3. The lowest BCUT2D eigenvalue weighted by molar-refractivity contribution is 0.354. The Kier molecular flexibility index (Phi) is 5.46. The minimum atomic E-state index is -1.61. The molecule has 30 heavy (non-hydrogen) atoms. The van der Waals surface area contributed by atoms with Gasteiger partial charge in [-0.25, -0.2) is 8.51 Å². The molecule has 1 aliphatic heterocycles. The van der Waals surface area contributed by atoms with Gasteiger partial charge in [0.25, 0.3) is 0 Å². The van der Waals surface area contributed by atoms with E-state index in [9.17, 15) is 4.21 Å². The van der Waals surface area contributed by atoms with Crippen molar-refractivity contribution in [1.29, 1.82) is 5.41 Å². The SMILES string of the molecule is COc1ccc(C2C(=N)N(c3ccc(C)cc3)S(=O)N2c2ccccc2)cc1OC. The number of ether oxygens (including phenoxy) is 2. The van der Waals surface area contributed by atoms with Crippen LogP contribution in [0.15, 0.2) is 72.8 Å². The molecule has 0 spiro atoms. The first-order valence-corrected chi connectivity index (χ1v) is 10.5. The van der Waals surface area contributed by atoms with Gasteiger partial charge in [-0.05, 0) is 48.9 Å². The zero-order valence-electron chi connectivity index (χ0n) is 17.0. The van der Waals surface area contributed by atoms with Gasteiger partial charge in [-0.2, -0.15) is 0 Å². The summed E-state index contributed by atoms with van der Waals surface area (Å²) in [5.74, 6) is 1.40. The van der Waals surface area contributed by atoms with E-state index in [-0.39, 0.29) is 5.84 Å². The zero-order valence-corrected chi connectivity index (χ0v) is 17.8. The van der Waals surface area contributed by atoms with Crippen molar-refractivity contribution in [3.63, 3.8) is 0 Å². The molecular formula is C23H23N3O3S. The Hall–Kier alpha value is -3.32. The first-order valence-electron chi connectivity index (χ1n) is 9.48. The third-order valence-corrected chi connectivity index (χ3v) is 6.52. The molecule has 1 N–H and O–H groups in total. The third-order valence-electron chi connectivity index (χ3n) is 5.04. The van der Waals surface area contributed by atoms with E-state index in [0.29, 0.717) is 17.2 Å². The monoisotopic (exact) mass is 421 g/mol. The first-order chi connectivity index (χ1) is 14.5. The molecule has 0 aliphatic carbocycles. The number of nitrogens with zero attached hydrogens (tertiary/aromatic N) is 2. The van der Waals surface area contributed by atoms with Gasteiger partial charge in [0.15, 0.2) is 11.5 Å². The third kappa shape index (κ3) is 3.41. The topological polar surface area (TPSA) is 65.9 Å². The number of nitrogens with one attached hydrogen (secondary N) is 1. The lowest BCUT2D eigenvalue weighted by atomic mass is 10.0. The summed E-state index contributed by atoms with van der Waals surface area (Å²) in [4.78, 5) is 0. The van der Waals surface area contributed by atoms with E-state index in [0.717, 1.165) is 16.8 Å². The molecule has 0 saturated carbocycles. The molecule has 4 rings (SSSR count). The summed E-state index contributed by atoms with van der Waals surface area (Å²) >= 11 is -1.61. The first kappa shape index (κ1) is 20.0. The van der Waals surface area contributed by atoms with Crippen LogP contribution in [-0.2, 0) is 11.2 Å². The maximum atomic E-state index is 13.6. The minimum Gasteiger partial charge on any atom is -0.493 e. The van der Waals surface area contributed by atoms with Crippen LogP contribution in [0.5, 0.6) is 11.5 Å². The van der Waals surface area contributed by atoms with Gasteiger partial charge in [0, 0.05) is 0 Å². The van der Waals surface area contributed by atoms with E-state index in [1.165, 1.54) is 0 Å². The Labute approximate surface area is 178 Å². The summed E-state index contributed by atoms with van der Waals surface area (Å²) in [5, 5.41) is 8.95.